The minimum atomic E-state index is -0.277. The molecule has 1 amide bonds. The molecule has 0 unspecified atom stereocenters. The average molecular weight is 306 g/mol. The molecule has 1 aliphatic heterocycles. The van der Waals surface area contributed by atoms with Crippen LogP contribution in [0.5, 0.6) is 0 Å². The number of piperidine rings is 1. The van der Waals surface area contributed by atoms with Gasteiger partial charge in [-0.15, -0.1) is 0 Å². The minimum absolute atomic E-state index is 0.104. The monoisotopic (exact) mass is 306 g/mol. The summed E-state index contributed by atoms with van der Waals surface area (Å²) in [5.74, 6) is 0. The second kappa shape index (κ2) is 7.61. The molecule has 1 saturated heterocycles. The molecule has 0 aromatic heterocycles. The molecule has 5 heteroatoms. The van der Waals surface area contributed by atoms with Crippen molar-refractivity contribution >= 4 is 6.09 Å². The second-order valence-electron chi connectivity index (χ2n) is 6.49. The second-order valence-corrected chi connectivity index (χ2v) is 6.49. The van der Waals surface area contributed by atoms with Crippen LogP contribution in [-0.4, -0.2) is 47.4 Å². The number of likely N-dealkylation sites (tertiary alicyclic amines) is 1. The van der Waals surface area contributed by atoms with Crippen molar-refractivity contribution in [2.45, 2.75) is 44.9 Å². The molecule has 0 saturated carbocycles. The van der Waals surface area contributed by atoms with Gasteiger partial charge in [0.2, 0.25) is 0 Å². The Morgan fingerprint density at radius 2 is 1.95 bits per heavy atom. The Bertz CT molecular complexity index is 468. The Morgan fingerprint density at radius 3 is 2.55 bits per heavy atom. The maximum atomic E-state index is 12.1. The Hall–Kier alpha value is -1.59. The molecule has 5 nitrogen and oxygen atoms in total. The average Bonchev–Trinajstić information content (AvgIpc) is 2.54. The van der Waals surface area contributed by atoms with Gasteiger partial charge in [0.05, 0.1) is 6.61 Å². The maximum Gasteiger partial charge on any atom is 0.410 e. The van der Waals surface area contributed by atoms with Crippen molar-refractivity contribution in [1.82, 2.24) is 10.2 Å². The number of ether oxygens (including phenoxy) is 1. The fraction of sp³-hybridized carbons (Fsp3) is 0.588. The van der Waals surface area contributed by atoms with Gasteiger partial charge in [-0.1, -0.05) is 30.3 Å². The number of benzene rings is 1. The molecule has 22 heavy (non-hydrogen) atoms. The first-order chi connectivity index (χ1) is 10.5. The number of nitrogens with zero attached hydrogens (tertiary/aromatic N) is 1. The molecule has 0 aliphatic carbocycles. The molecule has 1 aromatic rings. The zero-order chi connectivity index (χ0) is 16.0. The summed E-state index contributed by atoms with van der Waals surface area (Å²) in [7, 11) is 0. The third-order valence-electron chi connectivity index (χ3n) is 3.95. The van der Waals surface area contributed by atoms with Crippen LogP contribution in [0.4, 0.5) is 4.79 Å². The van der Waals surface area contributed by atoms with E-state index in [1.807, 2.05) is 44.2 Å². The number of amides is 1. The number of hydrogen-bond donors (Lipinski definition) is 2. The lowest BCUT2D eigenvalue weighted by Gasteiger charge is -2.36. The summed E-state index contributed by atoms with van der Waals surface area (Å²) in [5, 5.41) is 12.7. The van der Waals surface area contributed by atoms with E-state index in [-0.39, 0.29) is 18.2 Å². The van der Waals surface area contributed by atoms with E-state index in [0.717, 1.165) is 18.4 Å². The number of aliphatic hydroxyl groups is 1. The lowest BCUT2D eigenvalue weighted by Crippen LogP contribution is -2.53. The Kier molecular flexibility index (Phi) is 5.80. The van der Waals surface area contributed by atoms with Crippen molar-refractivity contribution in [1.29, 1.82) is 0 Å². The van der Waals surface area contributed by atoms with Crippen LogP contribution in [0, 0.1) is 0 Å². The lowest BCUT2D eigenvalue weighted by molar-refractivity contribution is 0.0804. The van der Waals surface area contributed by atoms with E-state index in [4.69, 9.17) is 4.74 Å². The number of rotatable bonds is 5. The molecule has 0 atom stereocenters. The topological polar surface area (TPSA) is 61.8 Å². The van der Waals surface area contributed by atoms with Crippen molar-refractivity contribution in [2.75, 3.05) is 19.7 Å². The van der Waals surface area contributed by atoms with Crippen LogP contribution < -0.4 is 5.32 Å². The van der Waals surface area contributed by atoms with E-state index in [1.165, 1.54) is 0 Å². The van der Waals surface area contributed by atoms with E-state index in [9.17, 15) is 9.90 Å². The molecule has 122 valence electrons. The molecule has 0 spiro atoms. The quantitative estimate of drug-likeness (QED) is 0.875. The van der Waals surface area contributed by atoms with E-state index in [1.54, 1.807) is 4.90 Å². The van der Waals surface area contributed by atoms with Gasteiger partial charge < -0.3 is 20.1 Å². The summed E-state index contributed by atoms with van der Waals surface area (Å²) in [6, 6.07) is 10.0. The summed E-state index contributed by atoms with van der Waals surface area (Å²) in [6.45, 7) is 5.75. The predicted octanol–water partition coefficient (Wildman–Crippen LogP) is 2.15. The highest BCUT2D eigenvalue weighted by Gasteiger charge is 2.27. The summed E-state index contributed by atoms with van der Waals surface area (Å²) in [6.07, 6.45) is 1.51. The van der Waals surface area contributed by atoms with Crippen molar-refractivity contribution < 1.29 is 14.6 Å². The normalized spacial score (nSPS) is 16.6. The van der Waals surface area contributed by atoms with Crippen LogP contribution in [0.3, 0.4) is 0 Å². The van der Waals surface area contributed by atoms with Crippen LogP contribution in [-0.2, 0) is 11.3 Å². The molecular weight excluding hydrogens is 280 g/mol. The molecule has 1 heterocycles. The first-order valence-corrected chi connectivity index (χ1v) is 7.84. The molecule has 2 N–H and O–H groups in total. The van der Waals surface area contributed by atoms with Crippen LogP contribution in [0.15, 0.2) is 30.3 Å². The highest BCUT2D eigenvalue weighted by atomic mass is 16.6. The molecule has 0 radical (unpaired) electrons. The first kappa shape index (κ1) is 16.8. The van der Waals surface area contributed by atoms with E-state index in [2.05, 4.69) is 5.32 Å². The number of aliphatic hydroxyl groups excluding tert-OH is 1. The summed E-state index contributed by atoms with van der Waals surface area (Å²) in [5.41, 5.74) is 0.720. The standard InChI is InChI=1S/C17H26N2O3/c1-17(2,13-20)18-15-8-10-19(11-9-15)16(21)22-12-14-6-4-3-5-7-14/h3-7,15,18,20H,8-13H2,1-2H3. The first-order valence-electron chi connectivity index (χ1n) is 7.84. The molecule has 1 aromatic carbocycles. The van der Waals surface area contributed by atoms with E-state index < -0.39 is 0 Å². The number of nitrogens with one attached hydrogen (secondary N) is 1. The Balaban J connectivity index is 1.73. The maximum absolute atomic E-state index is 12.1. The zero-order valence-corrected chi connectivity index (χ0v) is 13.4. The molecule has 1 aliphatic rings. The Morgan fingerprint density at radius 1 is 1.32 bits per heavy atom. The van der Waals surface area contributed by atoms with Crippen molar-refractivity contribution in [3.8, 4) is 0 Å². The molecule has 0 bridgehead atoms. The van der Waals surface area contributed by atoms with E-state index >= 15 is 0 Å². The SMILES string of the molecule is CC(C)(CO)NC1CCN(C(=O)OCc2ccccc2)CC1. The fourth-order valence-corrected chi connectivity index (χ4v) is 2.62. The van der Waals surface area contributed by atoms with Crippen LogP contribution >= 0.6 is 0 Å². The predicted molar refractivity (Wildman–Crippen MR) is 85.5 cm³/mol. The largest absolute Gasteiger partial charge is 0.445 e. The van der Waals surface area contributed by atoms with Gasteiger partial charge >= 0.3 is 6.09 Å². The van der Waals surface area contributed by atoms with Gasteiger partial charge in [0.1, 0.15) is 6.61 Å². The highest BCUT2D eigenvalue weighted by molar-refractivity contribution is 5.67. The Labute approximate surface area is 132 Å². The van der Waals surface area contributed by atoms with Crippen LogP contribution in [0.1, 0.15) is 32.3 Å². The minimum Gasteiger partial charge on any atom is -0.445 e. The van der Waals surface area contributed by atoms with Crippen molar-refractivity contribution in [3.05, 3.63) is 35.9 Å². The number of carbonyl (C=O) groups is 1. The highest BCUT2D eigenvalue weighted by Crippen LogP contribution is 2.15. The zero-order valence-electron chi connectivity index (χ0n) is 13.4. The third kappa shape index (κ3) is 5.00. The van der Waals surface area contributed by atoms with Gasteiger partial charge in [0.25, 0.3) is 0 Å². The van der Waals surface area contributed by atoms with E-state index in [0.29, 0.717) is 25.7 Å². The van der Waals surface area contributed by atoms with Gasteiger partial charge in [-0.05, 0) is 32.3 Å². The van der Waals surface area contributed by atoms with Gasteiger partial charge in [0.15, 0.2) is 0 Å². The lowest BCUT2D eigenvalue weighted by atomic mass is 9.99. The molecular formula is C17H26N2O3. The van der Waals surface area contributed by atoms with Gasteiger partial charge in [-0.3, -0.25) is 0 Å². The van der Waals surface area contributed by atoms with Gasteiger partial charge in [-0.2, -0.15) is 0 Å². The van der Waals surface area contributed by atoms with Crippen LogP contribution in [0.2, 0.25) is 0 Å². The van der Waals surface area contributed by atoms with Crippen molar-refractivity contribution in [2.24, 2.45) is 0 Å². The summed E-state index contributed by atoms with van der Waals surface area (Å²) in [4.78, 5) is 13.8. The molecule has 1 fully saturated rings. The van der Waals surface area contributed by atoms with Gasteiger partial charge in [-0.25, -0.2) is 4.79 Å². The summed E-state index contributed by atoms with van der Waals surface area (Å²) >= 11 is 0. The smallest absolute Gasteiger partial charge is 0.410 e. The third-order valence-corrected chi connectivity index (χ3v) is 3.95. The number of carbonyl (C=O) groups excluding carboxylic acids is 1. The molecule has 2 rings (SSSR count). The summed E-state index contributed by atoms with van der Waals surface area (Å²) < 4.78 is 5.35. The number of hydrogen-bond acceptors (Lipinski definition) is 4. The van der Waals surface area contributed by atoms with Crippen LogP contribution in [0.25, 0.3) is 0 Å². The van der Waals surface area contributed by atoms with Gasteiger partial charge in [0, 0.05) is 24.7 Å². The van der Waals surface area contributed by atoms with Crippen molar-refractivity contribution in [3.63, 3.8) is 0 Å². The fourth-order valence-electron chi connectivity index (χ4n) is 2.62.